The molecule has 0 aromatic heterocycles. The zero-order chi connectivity index (χ0) is 17.8. The first-order chi connectivity index (χ1) is 12.2. The van der Waals surface area contributed by atoms with E-state index in [2.05, 4.69) is 42.6 Å². The van der Waals surface area contributed by atoms with Crippen molar-refractivity contribution in [3.8, 4) is 11.1 Å². The van der Waals surface area contributed by atoms with Crippen molar-refractivity contribution >= 4 is 23.2 Å². The fourth-order valence-electron chi connectivity index (χ4n) is 2.84. The van der Waals surface area contributed by atoms with E-state index in [4.69, 9.17) is 5.41 Å². The lowest BCUT2D eigenvalue weighted by atomic mass is 9.94. The highest BCUT2D eigenvalue weighted by molar-refractivity contribution is 6.13. The maximum Gasteiger partial charge on any atom is 0.105 e. The van der Waals surface area contributed by atoms with Gasteiger partial charge in [0.25, 0.3) is 0 Å². The van der Waals surface area contributed by atoms with E-state index < -0.39 is 0 Å². The van der Waals surface area contributed by atoms with E-state index >= 15 is 0 Å². The van der Waals surface area contributed by atoms with E-state index in [0.29, 0.717) is 11.1 Å². The minimum Gasteiger partial charge on any atom is -0.513 e. The normalized spacial score (nSPS) is 11.3. The van der Waals surface area contributed by atoms with Gasteiger partial charge in [0, 0.05) is 11.1 Å². The summed E-state index contributed by atoms with van der Waals surface area (Å²) in [5.74, 6) is 0. The van der Waals surface area contributed by atoms with Crippen LogP contribution in [0.4, 0.5) is 0 Å². The molecule has 0 saturated heterocycles. The van der Waals surface area contributed by atoms with E-state index in [1.54, 1.807) is 0 Å². The summed E-state index contributed by atoms with van der Waals surface area (Å²) in [6, 6.07) is 22.1. The van der Waals surface area contributed by atoms with Crippen molar-refractivity contribution < 1.29 is 5.11 Å². The van der Waals surface area contributed by atoms with Crippen LogP contribution in [0.15, 0.2) is 95.8 Å². The molecule has 0 bridgehead atoms. The van der Waals surface area contributed by atoms with Gasteiger partial charge in [0.15, 0.2) is 0 Å². The number of allylic oxidation sites excluding steroid dienone is 1. The molecule has 3 aromatic rings. The molecule has 2 N–H and O–H groups in total. The zero-order valence-electron chi connectivity index (χ0n) is 13.7. The Kier molecular flexibility index (Phi) is 4.57. The van der Waals surface area contributed by atoms with Crippen LogP contribution >= 0.6 is 0 Å². The van der Waals surface area contributed by atoms with Crippen molar-refractivity contribution in [3.05, 3.63) is 96.4 Å². The number of benzene rings is 3. The molecule has 0 atom stereocenters. The number of aliphatic hydroxyl groups excluding tert-OH is 1. The Labute approximate surface area is 146 Å². The van der Waals surface area contributed by atoms with Crippen LogP contribution in [0.25, 0.3) is 21.9 Å². The molecule has 25 heavy (non-hydrogen) atoms. The summed E-state index contributed by atoms with van der Waals surface area (Å²) in [6.45, 7) is 7.23. The second kappa shape index (κ2) is 6.97. The highest BCUT2D eigenvalue weighted by Gasteiger charge is 2.12. The third-order valence-corrected chi connectivity index (χ3v) is 4.16. The molecular formula is C22H18N2O. The monoisotopic (exact) mass is 326 g/mol. The summed E-state index contributed by atoms with van der Waals surface area (Å²) in [5.41, 5.74) is 3.56. The van der Waals surface area contributed by atoms with E-state index in [1.807, 2.05) is 42.5 Å². The van der Waals surface area contributed by atoms with Gasteiger partial charge < -0.3 is 5.11 Å². The minimum atomic E-state index is 0.195. The average molecular weight is 326 g/mol. The maximum atomic E-state index is 9.19. The number of nitrogens with zero attached hydrogens (tertiary/aromatic N) is 1. The molecule has 0 amide bonds. The van der Waals surface area contributed by atoms with Gasteiger partial charge in [-0.2, -0.15) is 0 Å². The third kappa shape index (κ3) is 3.12. The number of nitrogens with one attached hydrogen (secondary N) is 1. The molecular weight excluding hydrogens is 308 g/mol. The highest BCUT2D eigenvalue weighted by Crippen LogP contribution is 2.29. The lowest BCUT2D eigenvalue weighted by molar-refractivity contribution is 0.468. The predicted molar refractivity (Wildman–Crippen MR) is 106 cm³/mol. The SMILES string of the molecule is C=N/C(=C/O)C(=C)C(=N)c1cccc(-c2cccc3ccccc23)c1. The Bertz CT molecular complexity index is 1010. The number of aliphatic imine (C=N–C) groups is 1. The zero-order valence-corrected chi connectivity index (χ0v) is 13.7. The van der Waals surface area contributed by atoms with E-state index in [0.717, 1.165) is 22.8 Å². The first-order valence-electron chi connectivity index (χ1n) is 7.83. The van der Waals surface area contributed by atoms with E-state index in [1.165, 1.54) is 5.39 Å². The Balaban J connectivity index is 2.06. The van der Waals surface area contributed by atoms with Crippen LogP contribution in [0, 0.1) is 5.41 Å². The number of aliphatic hydroxyl groups is 1. The Morgan fingerprint density at radius 3 is 2.48 bits per heavy atom. The largest absolute Gasteiger partial charge is 0.513 e. The van der Waals surface area contributed by atoms with Crippen LogP contribution in [0.1, 0.15) is 5.56 Å². The Morgan fingerprint density at radius 1 is 1.00 bits per heavy atom. The van der Waals surface area contributed by atoms with Crippen LogP contribution in [0.5, 0.6) is 0 Å². The van der Waals surface area contributed by atoms with Crippen molar-refractivity contribution in [2.75, 3.05) is 0 Å². The van der Waals surface area contributed by atoms with Crippen LogP contribution in [0.3, 0.4) is 0 Å². The summed E-state index contributed by atoms with van der Waals surface area (Å²) in [5, 5.41) is 19.9. The summed E-state index contributed by atoms with van der Waals surface area (Å²) in [4.78, 5) is 3.70. The van der Waals surface area contributed by atoms with Gasteiger partial charge in [-0.05, 0) is 34.7 Å². The molecule has 3 nitrogen and oxygen atoms in total. The summed E-state index contributed by atoms with van der Waals surface area (Å²) < 4.78 is 0. The van der Waals surface area contributed by atoms with Crippen LogP contribution in [-0.4, -0.2) is 17.5 Å². The van der Waals surface area contributed by atoms with Gasteiger partial charge in [-0.3, -0.25) is 10.4 Å². The number of hydrogen-bond donors (Lipinski definition) is 2. The second-order valence-electron chi connectivity index (χ2n) is 5.63. The molecule has 3 aromatic carbocycles. The molecule has 0 fully saturated rings. The van der Waals surface area contributed by atoms with Gasteiger partial charge in [0.1, 0.15) is 12.0 Å². The van der Waals surface area contributed by atoms with Crippen molar-refractivity contribution in [2.24, 2.45) is 4.99 Å². The fraction of sp³-hybridized carbons (Fsp3) is 0. The molecule has 0 aliphatic heterocycles. The van der Waals surface area contributed by atoms with E-state index in [-0.39, 0.29) is 11.4 Å². The number of rotatable bonds is 5. The molecule has 0 unspecified atom stereocenters. The molecule has 0 aliphatic carbocycles. The summed E-state index contributed by atoms with van der Waals surface area (Å²) >= 11 is 0. The third-order valence-electron chi connectivity index (χ3n) is 4.16. The topological polar surface area (TPSA) is 56.4 Å². The van der Waals surface area contributed by atoms with Crippen LogP contribution < -0.4 is 0 Å². The van der Waals surface area contributed by atoms with Gasteiger partial charge in [-0.1, -0.05) is 67.2 Å². The summed E-state index contributed by atoms with van der Waals surface area (Å²) in [6.07, 6.45) is 0.818. The number of fused-ring (bicyclic) bond motifs is 1. The van der Waals surface area contributed by atoms with Gasteiger partial charge in [0.2, 0.25) is 0 Å². The molecule has 0 heterocycles. The van der Waals surface area contributed by atoms with Crippen molar-refractivity contribution in [2.45, 2.75) is 0 Å². The molecule has 0 radical (unpaired) electrons. The maximum absolute atomic E-state index is 9.19. The quantitative estimate of drug-likeness (QED) is 0.361. The van der Waals surface area contributed by atoms with E-state index in [9.17, 15) is 5.11 Å². The first kappa shape index (κ1) is 16.4. The molecule has 0 spiro atoms. The Hall–Kier alpha value is -3.46. The second-order valence-corrected chi connectivity index (χ2v) is 5.63. The molecule has 3 rings (SSSR count). The summed E-state index contributed by atoms with van der Waals surface area (Å²) in [7, 11) is 0. The van der Waals surface area contributed by atoms with Gasteiger partial charge in [0.05, 0.1) is 5.71 Å². The van der Waals surface area contributed by atoms with Gasteiger partial charge in [-0.25, -0.2) is 0 Å². The van der Waals surface area contributed by atoms with Gasteiger partial charge in [-0.15, -0.1) is 0 Å². The smallest absolute Gasteiger partial charge is 0.105 e. The molecule has 122 valence electrons. The fourth-order valence-corrected chi connectivity index (χ4v) is 2.84. The lowest BCUT2D eigenvalue weighted by Crippen LogP contribution is -2.04. The first-order valence-corrected chi connectivity index (χ1v) is 7.83. The minimum absolute atomic E-state index is 0.195. The van der Waals surface area contributed by atoms with Crippen LogP contribution in [-0.2, 0) is 0 Å². The lowest BCUT2D eigenvalue weighted by Gasteiger charge is -2.11. The average Bonchev–Trinajstić information content (AvgIpc) is 2.68. The van der Waals surface area contributed by atoms with Crippen molar-refractivity contribution in [1.82, 2.24) is 0 Å². The molecule has 0 saturated carbocycles. The predicted octanol–water partition coefficient (Wildman–Crippen LogP) is 5.53. The van der Waals surface area contributed by atoms with Gasteiger partial charge >= 0.3 is 0 Å². The Morgan fingerprint density at radius 2 is 1.72 bits per heavy atom. The highest BCUT2D eigenvalue weighted by atomic mass is 16.2. The standard InChI is InChI=1S/C22H18N2O/c1-15(21(14-25)24-2)22(23)18-10-5-9-17(13-18)20-12-6-8-16-7-3-4-11-19(16)20/h3-14,23,25H,1-2H2/b21-14+,23-22?. The van der Waals surface area contributed by atoms with Crippen LogP contribution in [0.2, 0.25) is 0 Å². The van der Waals surface area contributed by atoms with Crippen molar-refractivity contribution in [3.63, 3.8) is 0 Å². The number of hydrogen-bond acceptors (Lipinski definition) is 3. The molecule has 3 heteroatoms. The van der Waals surface area contributed by atoms with Crippen molar-refractivity contribution in [1.29, 1.82) is 5.41 Å². The molecule has 0 aliphatic rings.